The number of carbonyl (C=O) groups is 2. The highest BCUT2D eigenvalue weighted by Crippen LogP contribution is 2.31. The van der Waals surface area contributed by atoms with E-state index in [1.807, 2.05) is 56.6 Å². The molecule has 0 saturated carbocycles. The highest BCUT2D eigenvalue weighted by atomic mass is 16.5. The Balaban J connectivity index is 1.78. The van der Waals surface area contributed by atoms with Gasteiger partial charge in [0.2, 0.25) is 0 Å². The number of ketones is 1. The van der Waals surface area contributed by atoms with Crippen molar-refractivity contribution in [1.82, 2.24) is 0 Å². The minimum atomic E-state index is -0.376. The standard InChI is InChI=1S/C22H24NO3/c1-15(2)22(25)26-12-11-23(3,4)14-18-13-17-9-5-7-16-8-6-10-19(20(16)17)21(18)24/h5-10,13H,1,11-12,14H2,2-4H3/q+1. The lowest BCUT2D eigenvalue weighted by Crippen LogP contribution is -2.45. The van der Waals surface area contributed by atoms with Crippen LogP contribution in [0.2, 0.25) is 0 Å². The first-order chi connectivity index (χ1) is 12.3. The molecule has 0 fully saturated rings. The van der Waals surface area contributed by atoms with Gasteiger partial charge >= 0.3 is 5.97 Å². The van der Waals surface area contributed by atoms with Crippen LogP contribution < -0.4 is 0 Å². The van der Waals surface area contributed by atoms with Crippen molar-refractivity contribution in [1.29, 1.82) is 0 Å². The lowest BCUT2D eigenvalue weighted by Gasteiger charge is -2.31. The first kappa shape index (κ1) is 18.1. The summed E-state index contributed by atoms with van der Waals surface area (Å²) in [5.41, 5.74) is 3.03. The number of Topliss-reactive ketones (excluding diaryl/α,β-unsaturated/α-hetero) is 1. The van der Waals surface area contributed by atoms with E-state index in [4.69, 9.17) is 4.74 Å². The summed E-state index contributed by atoms with van der Waals surface area (Å²) in [5.74, 6) is -0.294. The summed E-state index contributed by atoms with van der Waals surface area (Å²) in [4.78, 5) is 24.5. The summed E-state index contributed by atoms with van der Waals surface area (Å²) in [5, 5.41) is 2.12. The van der Waals surface area contributed by atoms with E-state index >= 15 is 0 Å². The highest BCUT2D eigenvalue weighted by Gasteiger charge is 2.27. The van der Waals surface area contributed by atoms with Crippen molar-refractivity contribution in [2.24, 2.45) is 0 Å². The lowest BCUT2D eigenvalue weighted by atomic mass is 9.87. The molecule has 0 radical (unpaired) electrons. The quantitative estimate of drug-likeness (QED) is 0.454. The van der Waals surface area contributed by atoms with Gasteiger partial charge in [0.05, 0.1) is 19.7 Å². The summed E-state index contributed by atoms with van der Waals surface area (Å²) < 4.78 is 5.75. The van der Waals surface area contributed by atoms with E-state index < -0.39 is 0 Å². The van der Waals surface area contributed by atoms with Gasteiger partial charge in [-0.25, -0.2) is 4.79 Å². The number of hydrogen-bond acceptors (Lipinski definition) is 3. The molecule has 4 nitrogen and oxygen atoms in total. The molecule has 1 aliphatic carbocycles. The van der Waals surface area contributed by atoms with Crippen LogP contribution in [0.25, 0.3) is 16.8 Å². The zero-order valence-electron chi connectivity index (χ0n) is 15.5. The van der Waals surface area contributed by atoms with Crippen molar-refractivity contribution in [3.05, 3.63) is 65.3 Å². The molecule has 4 heteroatoms. The van der Waals surface area contributed by atoms with E-state index in [1.54, 1.807) is 6.92 Å². The fourth-order valence-corrected chi connectivity index (χ4v) is 3.27. The molecule has 0 spiro atoms. The van der Waals surface area contributed by atoms with E-state index in [9.17, 15) is 9.59 Å². The summed E-state index contributed by atoms with van der Waals surface area (Å²) in [7, 11) is 4.06. The first-order valence-electron chi connectivity index (χ1n) is 8.70. The Hall–Kier alpha value is -2.72. The SMILES string of the molecule is C=C(C)C(=O)OCC[N+](C)(C)CC1=Cc2cccc3cccc(c23)C1=O. The third-order valence-electron chi connectivity index (χ3n) is 4.68. The molecule has 0 aromatic heterocycles. The molecule has 0 amide bonds. The Labute approximate surface area is 154 Å². The Morgan fingerprint density at radius 3 is 2.54 bits per heavy atom. The van der Waals surface area contributed by atoms with Gasteiger partial charge in [-0.05, 0) is 23.9 Å². The Bertz CT molecular complexity index is 932. The Kier molecular flexibility index (Phi) is 4.79. The molecule has 0 saturated heterocycles. The van der Waals surface area contributed by atoms with Crippen LogP contribution in [0.5, 0.6) is 0 Å². The van der Waals surface area contributed by atoms with Crippen LogP contribution in [0.1, 0.15) is 22.8 Å². The number of carbonyl (C=O) groups excluding carboxylic acids is 2. The number of hydrogen-bond donors (Lipinski definition) is 0. The molecule has 0 aliphatic heterocycles. The van der Waals surface area contributed by atoms with Crippen LogP contribution in [0, 0.1) is 0 Å². The number of benzene rings is 2. The van der Waals surface area contributed by atoms with Gasteiger partial charge in [0.1, 0.15) is 19.7 Å². The van der Waals surface area contributed by atoms with E-state index in [-0.39, 0.29) is 11.8 Å². The van der Waals surface area contributed by atoms with Gasteiger partial charge < -0.3 is 9.22 Å². The smallest absolute Gasteiger partial charge is 0.333 e. The Morgan fingerprint density at radius 2 is 1.85 bits per heavy atom. The number of rotatable bonds is 6. The number of quaternary nitrogens is 1. The molecule has 0 N–H and O–H groups in total. The van der Waals surface area contributed by atoms with E-state index in [0.717, 1.165) is 27.5 Å². The van der Waals surface area contributed by atoms with Crippen molar-refractivity contribution >= 4 is 28.6 Å². The predicted octanol–water partition coefficient (Wildman–Crippen LogP) is 3.62. The van der Waals surface area contributed by atoms with Crippen LogP contribution in [0.3, 0.4) is 0 Å². The molecule has 134 valence electrons. The summed E-state index contributed by atoms with van der Waals surface area (Å²) in [6, 6.07) is 12.0. The lowest BCUT2D eigenvalue weighted by molar-refractivity contribution is -0.885. The molecule has 0 heterocycles. The van der Waals surface area contributed by atoms with Gasteiger partial charge in [-0.15, -0.1) is 0 Å². The molecule has 3 rings (SSSR count). The second-order valence-electron chi connectivity index (χ2n) is 7.48. The largest absolute Gasteiger partial charge is 0.456 e. The molecule has 2 aromatic rings. The maximum atomic E-state index is 13.0. The van der Waals surface area contributed by atoms with E-state index in [0.29, 0.717) is 29.8 Å². The molecule has 1 aliphatic rings. The van der Waals surface area contributed by atoms with E-state index in [2.05, 4.69) is 6.58 Å². The zero-order chi connectivity index (χ0) is 18.9. The van der Waals surface area contributed by atoms with Crippen LogP contribution in [-0.4, -0.2) is 50.0 Å². The second kappa shape index (κ2) is 6.89. The number of nitrogens with zero attached hydrogens (tertiary/aromatic N) is 1. The maximum Gasteiger partial charge on any atom is 0.333 e. The molecular formula is C22H24NO3+. The minimum Gasteiger partial charge on any atom is -0.456 e. The van der Waals surface area contributed by atoms with Gasteiger partial charge in [-0.1, -0.05) is 43.0 Å². The number of esters is 1. The van der Waals surface area contributed by atoms with E-state index in [1.165, 1.54) is 0 Å². The average molecular weight is 350 g/mol. The average Bonchev–Trinajstić information content (AvgIpc) is 2.58. The molecule has 26 heavy (non-hydrogen) atoms. The third-order valence-corrected chi connectivity index (χ3v) is 4.68. The van der Waals surface area contributed by atoms with Crippen LogP contribution in [0.15, 0.2) is 54.1 Å². The maximum absolute atomic E-state index is 13.0. The van der Waals surface area contributed by atoms with Crippen molar-refractivity contribution in [2.75, 3.05) is 33.8 Å². The highest BCUT2D eigenvalue weighted by molar-refractivity contribution is 6.22. The zero-order valence-corrected chi connectivity index (χ0v) is 15.5. The molecular weight excluding hydrogens is 326 g/mol. The topological polar surface area (TPSA) is 43.4 Å². The van der Waals surface area contributed by atoms with Gasteiger partial charge in [0.15, 0.2) is 5.78 Å². The fourth-order valence-electron chi connectivity index (χ4n) is 3.27. The van der Waals surface area contributed by atoms with Crippen LogP contribution in [-0.2, 0) is 9.53 Å². The number of ether oxygens (including phenoxy) is 1. The van der Waals surface area contributed by atoms with Gasteiger partial charge in [-0.3, -0.25) is 4.79 Å². The summed E-state index contributed by atoms with van der Waals surface area (Å²) in [6.07, 6.45) is 2.00. The van der Waals surface area contributed by atoms with Crippen molar-refractivity contribution in [3.63, 3.8) is 0 Å². The molecule has 2 aromatic carbocycles. The van der Waals surface area contributed by atoms with Gasteiger partial charge in [0, 0.05) is 16.5 Å². The normalized spacial score (nSPS) is 13.5. The third kappa shape index (κ3) is 3.60. The van der Waals surface area contributed by atoms with Crippen LogP contribution in [0.4, 0.5) is 0 Å². The second-order valence-corrected chi connectivity index (χ2v) is 7.48. The predicted molar refractivity (Wildman–Crippen MR) is 104 cm³/mol. The summed E-state index contributed by atoms with van der Waals surface area (Å²) in [6.45, 7) is 6.71. The monoisotopic (exact) mass is 350 g/mol. The van der Waals surface area contributed by atoms with Gasteiger partial charge in [0.25, 0.3) is 0 Å². The first-order valence-corrected chi connectivity index (χ1v) is 8.70. The molecule has 0 atom stereocenters. The van der Waals surface area contributed by atoms with Crippen molar-refractivity contribution in [3.8, 4) is 0 Å². The Morgan fingerprint density at radius 1 is 1.15 bits per heavy atom. The molecule has 0 bridgehead atoms. The number of likely N-dealkylation sites (N-methyl/N-ethyl adjacent to an activating group) is 1. The van der Waals surface area contributed by atoms with Crippen molar-refractivity contribution < 1.29 is 18.8 Å². The van der Waals surface area contributed by atoms with Crippen molar-refractivity contribution in [2.45, 2.75) is 6.92 Å². The molecule has 0 unspecified atom stereocenters. The van der Waals surface area contributed by atoms with Crippen LogP contribution >= 0.6 is 0 Å². The fraction of sp³-hybridized carbons (Fsp3) is 0.273. The minimum absolute atomic E-state index is 0.0828. The summed E-state index contributed by atoms with van der Waals surface area (Å²) >= 11 is 0. The van der Waals surface area contributed by atoms with Gasteiger partial charge in [-0.2, -0.15) is 0 Å².